The van der Waals surface area contributed by atoms with Crippen LogP contribution in [0.3, 0.4) is 0 Å². The van der Waals surface area contributed by atoms with Gasteiger partial charge in [0.15, 0.2) is 5.54 Å². The molecular weight excluding hydrogens is 408 g/mol. The maximum absolute atomic E-state index is 12.8. The molecule has 22 heavy (non-hydrogen) atoms. The topological polar surface area (TPSA) is 40.2 Å². The number of amidine groups is 1. The molecule has 0 saturated heterocycles. The number of fused-ring (bicyclic) bond motifs is 1. The van der Waals surface area contributed by atoms with Gasteiger partial charge in [0.25, 0.3) is 0 Å². The summed E-state index contributed by atoms with van der Waals surface area (Å²) >= 11 is 7.32. The molecule has 115 valence electrons. The van der Waals surface area contributed by atoms with Gasteiger partial charge >= 0.3 is 5.84 Å². The molecule has 0 N–H and O–H groups in total. The van der Waals surface area contributed by atoms with Crippen molar-refractivity contribution in [3.63, 3.8) is 0 Å². The van der Waals surface area contributed by atoms with Gasteiger partial charge in [0.2, 0.25) is 0 Å². The summed E-state index contributed by atoms with van der Waals surface area (Å²) in [4.78, 5) is 0. The van der Waals surface area contributed by atoms with E-state index in [-0.39, 0.29) is 0 Å². The minimum Gasteiger partial charge on any atom is -0.714 e. The first kappa shape index (κ1) is 15.8. The van der Waals surface area contributed by atoms with Gasteiger partial charge in [-0.05, 0) is 70.7 Å². The minimum absolute atomic E-state index is 0.447. The molecule has 1 radical (unpaired) electrons. The highest BCUT2D eigenvalue weighted by Gasteiger charge is 2.56. The van der Waals surface area contributed by atoms with Gasteiger partial charge in [0.1, 0.15) is 5.54 Å². The summed E-state index contributed by atoms with van der Waals surface area (Å²) in [5.41, 5.74) is 1.91. The molecule has 0 aromatic heterocycles. The van der Waals surface area contributed by atoms with Gasteiger partial charge in [0, 0.05) is 8.95 Å². The molecule has 0 unspecified atom stereocenters. The van der Waals surface area contributed by atoms with E-state index in [1.807, 2.05) is 58.0 Å². The molecule has 0 fully saturated rings. The highest BCUT2D eigenvalue weighted by Crippen LogP contribution is 2.45. The number of rotatable bonds is 1. The van der Waals surface area contributed by atoms with Crippen molar-refractivity contribution in [3.05, 3.63) is 50.0 Å². The van der Waals surface area contributed by atoms with Crippen LogP contribution in [0, 0.1) is 5.21 Å². The Bertz CT molecular complexity index is 729. The van der Waals surface area contributed by atoms with Gasteiger partial charge in [0.05, 0.1) is 5.56 Å². The monoisotopic (exact) mass is 423 g/mol. The molecule has 2 aliphatic carbocycles. The molecular formula is C17H17Br2N2O. The van der Waals surface area contributed by atoms with E-state index in [0.717, 1.165) is 30.4 Å². The predicted molar refractivity (Wildman–Crippen MR) is 96.5 cm³/mol. The van der Waals surface area contributed by atoms with Crippen LogP contribution >= 0.6 is 31.9 Å². The average Bonchev–Trinajstić information content (AvgIpc) is 2.71. The van der Waals surface area contributed by atoms with Crippen molar-refractivity contribution in [1.82, 2.24) is 5.32 Å². The third-order valence-corrected chi connectivity index (χ3v) is 6.40. The van der Waals surface area contributed by atoms with Gasteiger partial charge in [-0.2, -0.15) is 0 Å². The molecule has 0 atom stereocenters. The van der Waals surface area contributed by atoms with Crippen LogP contribution in [0.4, 0.5) is 0 Å². The second-order valence-electron chi connectivity index (χ2n) is 6.59. The Labute approximate surface area is 147 Å². The van der Waals surface area contributed by atoms with E-state index in [1.165, 1.54) is 0 Å². The molecule has 0 aromatic carbocycles. The zero-order valence-corrected chi connectivity index (χ0v) is 16.1. The highest BCUT2D eigenvalue weighted by molar-refractivity contribution is 9.11. The quantitative estimate of drug-likeness (QED) is 0.481. The van der Waals surface area contributed by atoms with E-state index < -0.39 is 11.1 Å². The van der Waals surface area contributed by atoms with Crippen molar-refractivity contribution in [3.8, 4) is 11.1 Å². The maximum atomic E-state index is 12.8. The summed E-state index contributed by atoms with van der Waals surface area (Å²) in [6.07, 6.45) is 0. The Morgan fingerprint density at radius 2 is 1.45 bits per heavy atom. The fourth-order valence-electron chi connectivity index (χ4n) is 2.61. The van der Waals surface area contributed by atoms with E-state index >= 15 is 0 Å². The predicted octanol–water partition coefficient (Wildman–Crippen LogP) is 4.75. The largest absolute Gasteiger partial charge is 0.714 e. The van der Waals surface area contributed by atoms with Crippen molar-refractivity contribution >= 4 is 37.7 Å². The first-order valence-electron chi connectivity index (χ1n) is 7.12. The lowest BCUT2D eigenvalue weighted by molar-refractivity contribution is -0.539. The van der Waals surface area contributed by atoms with Crippen LogP contribution in [0.15, 0.2) is 39.3 Å². The molecule has 5 heteroatoms. The highest BCUT2D eigenvalue weighted by atomic mass is 79.9. The first-order valence-corrected chi connectivity index (χ1v) is 8.70. The summed E-state index contributed by atoms with van der Waals surface area (Å²) < 4.78 is 2.84. The Morgan fingerprint density at radius 3 is 1.86 bits per heavy atom. The molecule has 0 saturated carbocycles. The number of hydrogen-bond acceptors (Lipinski definition) is 1. The summed E-state index contributed by atoms with van der Waals surface area (Å²) in [6.45, 7) is 7.85. The van der Waals surface area contributed by atoms with Gasteiger partial charge in [-0.25, -0.2) is 0 Å². The van der Waals surface area contributed by atoms with E-state index in [0.29, 0.717) is 5.84 Å². The summed E-state index contributed by atoms with van der Waals surface area (Å²) in [6, 6.07) is 10.0. The van der Waals surface area contributed by atoms with Crippen LogP contribution in [0.5, 0.6) is 0 Å². The molecule has 3 nitrogen and oxygen atoms in total. The van der Waals surface area contributed by atoms with E-state index in [2.05, 4.69) is 31.9 Å². The fourth-order valence-corrected chi connectivity index (χ4v) is 4.32. The van der Waals surface area contributed by atoms with Gasteiger partial charge in [-0.1, -0.05) is 35.6 Å². The number of halogens is 2. The second kappa shape index (κ2) is 4.96. The van der Waals surface area contributed by atoms with Crippen LogP contribution in [0.1, 0.15) is 33.3 Å². The summed E-state index contributed by atoms with van der Waals surface area (Å²) in [7, 11) is 0. The zero-order chi connectivity index (χ0) is 16.3. The average molecular weight is 425 g/mol. The van der Waals surface area contributed by atoms with Gasteiger partial charge in [-0.3, -0.25) is 4.74 Å². The van der Waals surface area contributed by atoms with E-state index in [1.54, 1.807) is 0 Å². The number of hydrogen-bond donors (Lipinski definition) is 0. The molecule has 3 rings (SSSR count). The second-order valence-corrected chi connectivity index (χ2v) is 8.17. The van der Waals surface area contributed by atoms with Crippen molar-refractivity contribution in [2.45, 2.75) is 38.8 Å². The lowest BCUT2D eigenvalue weighted by atomic mass is 9.84. The summed E-state index contributed by atoms with van der Waals surface area (Å²) in [5.74, 6) is 0.479. The SMILES string of the molecule is CC1(C)[N]C(c2c(Br)c3cccccc-3c2Br)=[N+]([O-])C1(C)C. The molecule has 0 spiro atoms. The van der Waals surface area contributed by atoms with E-state index in [9.17, 15) is 5.21 Å². The third kappa shape index (κ3) is 2.02. The van der Waals surface area contributed by atoms with Crippen molar-refractivity contribution in [2.75, 3.05) is 0 Å². The Morgan fingerprint density at radius 1 is 0.955 bits per heavy atom. The summed E-state index contributed by atoms with van der Waals surface area (Å²) in [5, 5.41) is 17.6. The van der Waals surface area contributed by atoms with Crippen LogP contribution in [-0.2, 0) is 0 Å². The molecule has 1 aliphatic heterocycles. The van der Waals surface area contributed by atoms with Crippen molar-refractivity contribution in [2.24, 2.45) is 0 Å². The van der Waals surface area contributed by atoms with Crippen molar-refractivity contribution in [1.29, 1.82) is 0 Å². The van der Waals surface area contributed by atoms with Crippen LogP contribution < -0.4 is 5.32 Å². The van der Waals surface area contributed by atoms with Gasteiger partial charge in [-0.15, -0.1) is 0 Å². The Hall–Kier alpha value is -1.07. The van der Waals surface area contributed by atoms with Crippen LogP contribution in [0.25, 0.3) is 11.1 Å². The molecule has 0 aromatic rings. The Balaban J connectivity index is 2.30. The molecule has 1 heterocycles. The van der Waals surface area contributed by atoms with E-state index in [4.69, 9.17) is 5.32 Å². The molecule has 0 bridgehead atoms. The lowest BCUT2D eigenvalue weighted by Gasteiger charge is -2.30. The normalized spacial score (nSPS) is 19.5. The maximum Gasteiger partial charge on any atom is 0.326 e. The number of hydroxylamine groups is 1. The molecule has 3 aliphatic rings. The van der Waals surface area contributed by atoms with Crippen LogP contribution in [-0.4, -0.2) is 21.7 Å². The molecule has 0 amide bonds. The van der Waals surface area contributed by atoms with Gasteiger partial charge < -0.3 is 5.21 Å². The zero-order valence-electron chi connectivity index (χ0n) is 12.9. The van der Waals surface area contributed by atoms with Crippen LogP contribution in [0.2, 0.25) is 0 Å². The van der Waals surface area contributed by atoms with Crippen molar-refractivity contribution < 1.29 is 4.74 Å². The third-order valence-electron chi connectivity index (χ3n) is 4.76. The lowest BCUT2D eigenvalue weighted by Crippen LogP contribution is -2.50. The number of nitrogens with zero attached hydrogens (tertiary/aromatic N) is 2. The Kier molecular flexibility index (Phi) is 3.57. The fraction of sp³-hybridized carbons (Fsp3) is 0.353. The smallest absolute Gasteiger partial charge is 0.326 e. The standard InChI is InChI=1S/C17H17Br2N2O/c1-16(2)17(3,4)21(22)15(20-16)12-13(18)10-8-6-5-7-9-11(10)14(12)19/h5-9H,1-4H3. The minimum atomic E-state index is -0.588. The first-order chi connectivity index (χ1) is 10.2.